The Morgan fingerprint density at radius 3 is 2.46 bits per heavy atom. The second kappa shape index (κ2) is 5.39. The van der Waals surface area contributed by atoms with Crippen molar-refractivity contribution in [2.75, 3.05) is 6.61 Å². The predicted molar refractivity (Wildman–Crippen MR) is 93.1 cm³/mol. The van der Waals surface area contributed by atoms with Crippen LogP contribution in [0.1, 0.15) is 56.6 Å². The van der Waals surface area contributed by atoms with E-state index in [1.807, 2.05) is 18.2 Å². The van der Waals surface area contributed by atoms with Crippen LogP contribution in [0.5, 0.6) is 5.75 Å². The van der Waals surface area contributed by atoms with E-state index < -0.39 is 0 Å². The van der Waals surface area contributed by atoms with Crippen LogP contribution in [0, 0.1) is 23.2 Å². The quantitative estimate of drug-likeness (QED) is 0.857. The van der Waals surface area contributed by atoms with Crippen molar-refractivity contribution in [3.63, 3.8) is 0 Å². The number of amides is 1. The van der Waals surface area contributed by atoms with Crippen LogP contribution in [0.3, 0.4) is 0 Å². The van der Waals surface area contributed by atoms with E-state index in [2.05, 4.69) is 5.32 Å². The molecule has 1 unspecified atom stereocenters. The first-order chi connectivity index (χ1) is 11.6. The molecule has 4 heteroatoms. The molecule has 1 amide bonds. The predicted octanol–water partition coefficient (Wildman–Crippen LogP) is 4.50. The van der Waals surface area contributed by atoms with E-state index in [4.69, 9.17) is 16.3 Å². The van der Waals surface area contributed by atoms with Gasteiger partial charge < -0.3 is 10.1 Å². The van der Waals surface area contributed by atoms with Crippen molar-refractivity contribution in [2.45, 2.75) is 51.0 Å². The summed E-state index contributed by atoms with van der Waals surface area (Å²) in [6, 6.07) is 5.75. The number of fused-ring (bicyclic) bond motifs is 1. The van der Waals surface area contributed by atoms with Gasteiger partial charge in [0.1, 0.15) is 5.75 Å². The lowest BCUT2D eigenvalue weighted by molar-refractivity contribution is -0.147. The van der Waals surface area contributed by atoms with Crippen LogP contribution < -0.4 is 10.1 Å². The van der Waals surface area contributed by atoms with Crippen molar-refractivity contribution in [3.8, 4) is 5.75 Å². The van der Waals surface area contributed by atoms with Crippen LogP contribution in [0.4, 0.5) is 0 Å². The zero-order valence-corrected chi connectivity index (χ0v) is 14.6. The zero-order chi connectivity index (χ0) is 16.3. The fraction of sp³-hybridized carbons (Fsp3) is 0.650. The number of nitrogens with one attached hydrogen (secondary N) is 1. The maximum absolute atomic E-state index is 13.3. The molecule has 1 N–H and O–H groups in total. The summed E-state index contributed by atoms with van der Waals surface area (Å²) in [4.78, 5) is 13.3. The van der Waals surface area contributed by atoms with Gasteiger partial charge in [-0.2, -0.15) is 0 Å². The van der Waals surface area contributed by atoms with Gasteiger partial charge in [0.15, 0.2) is 0 Å². The summed E-state index contributed by atoms with van der Waals surface area (Å²) in [5, 5.41) is 4.08. The number of benzene rings is 1. The highest BCUT2D eigenvalue weighted by atomic mass is 35.5. The minimum Gasteiger partial charge on any atom is -0.493 e. The van der Waals surface area contributed by atoms with Crippen molar-refractivity contribution in [1.29, 1.82) is 0 Å². The molecule has 24 heavy (non-hydrogen) atoms. The summed E-state index contributed by atoms with van der Waals surface area (Å²) in [6.07, 6.45) is 8.24. The van der Waals surface area contributed by atoms with Gasteiger partial charge in [0.2, 0.25) is 5.91 Å². The van der Waals surface area contributed by atoms with Crippen molar-refractivity contribution in [2.24, 2.45) is 23.2 Å². The molecule has 6 rings (SSSR count). The van der Waals surface area contributed by atoms with E-state index in [0.29, 0.717) is 17.5 Å². The molecule has 128 valence electrons. The maximum atomic E-state index is 13.3. The number of halogens is 1. The monoisotopic (exact) mass is 345 g/mol. The molecule has 1 aliphatic heterocycles. The molecular formula is C20H24ClNO2. The van der Waals surface area contributed by atoms with Gasteiger partial charge >= 0.3 is 0 Å². The highest BCUT2D eigenvalue weighted by Gasteiger charge is 2.54. The van der Waals surface area contributed by atoms with Gasteiger partial charge in [-0.3, -0.25) is 4.79 Å². The van der Waals surface area contributed by atoms with Gasteiger partial charge in [-0.05, 0) is 74.5 Å². The highest BCUT2D eigenvalue weighted by molar-refractivity contribution is 6.30. The number of carbonyl (C=O) groups is 1. The van der Waals surface area contributed by atoms with E-state index >= 15 is 0 Å². The normalized spacial score (nSPS) is 39.2. The molecule has 1 atom stereocenters. The Bertz CT molecular complexity index is 651. The maximum Gasteiger partial charge on any atom is 0.226 e. The summed E-state index contributed by atoms with van der Waals surface area (Å²) >= 11 is 6.17. The largest absolute Gasteiger partial charge is 0.493 e. The van der Waals surface area contributed by atoms with Crippen molar-refractivity contribution >= 4 is 17.5 Å². The topological polar surface area (TPSA) is 38.3 Å². The highest BCUT2D eigenvalue weighted by Crippen LogP contribution is 2.60. The third-order valence-electron chi connectivity index (χ3n) is 6.84. The van der Waals surface area contributed by atoms with Gasteiger partial charge in [-0.1, -0.05) is 11.6 Å². The van der Waals surface area contributed by atoms with E-state index in [1.165, 1.54) is 19.3 Å². The minimum atomic E-state index is -0.0915. The van der Waals surface area contributed by atoms with Crippen LogP contribution in [-0.4, -0.2) is 12.5 Å². The lowest BCUT2D eigenvalue weighted by atomic mass is 9.49. The second-order valence-electron chi connectivity index (χ2n) is 8.54. The average Bonchev–Trinajstić information content (AvgIpc) is 2.54. The van der Waals surface area contributed by atoms with Gasteiger partial charge in [-0.25, -0.2) is 0 Å². The minimum absolute atomic E-state index is 0.0351. The van der Waals surface area contributed by atoms with E-state index in [9.17, 15) is 4.79 Å². The first-order valence-electron chi connectivity index (χ1n) is 9.34. The molecule has 0 radical (unpaired) electrons. The van der Waals surface area contributed by atoms with Crippen LogP contribution in [-0.2, 0) is 4.79 Å². The van der Waals surface area contributed by atoms with Crippen LogP contribution >= 0.6 is 11.6 Å². The third-order valence-corrected chi connectivity index (χ3v) is 7.07. The number of carbonyl (C=O) groups excluding carboxylic acids is 1. The molecule has 1 aromatic rings. The van der Waals surface area contributed by atoms with Crippen molar-refractivity contribution in [3.05, 3.63) is 28.8 Å². The molecule has 3 nitrogen and oxygen atoms in total. The molecule has 0 spiro atoms. The summed E-state index contributed by atoms with van der Waals surface area (Å²) in [6.45, 7) is 0.653. The molecule has 4 saturated carbocycles. The molecule has 0 saturated heterocycles. The lowest BCUT2D eigenvalue weighted by Gasteiger charge is -2.56. The third kappa shape index (κ3) is 2.35. The Balaban J connectivity index is 1.39. The zero-order valence-electron chi connectivity index (χ0n) is 13.9. The molecule has 0 aromatic heterocycles. The average molecular weight is 346 g/mol. The molecule has 1 heterocycles. The van der Waals surface area contributed by atoms with Gasteiger partial charge in [0, 0.05) is 22.4 Å². The van der Waals surface area contributed by atoms with Gasteiger partial charge in [0.25, 0.3) is 0 Å². The Morgan fingerprint density at radius 1 is 1.12 bits per heavy atom. The van der Waals surface area contributed by atoms with Crippen LogP contribution in [0.25, 0.3) is 0 Å². The number of hydrogen-bond acceptors (Lipinski definition) is 2. The Morgan fingerprint density at radius 2 is 1.79 bits per heavy atom. The number of hydrogen-bond donors (Lipinski definition) is 1. The van der Waals surface area contributed by atoms with Gasteiger partial charge in [0.05, 0.1) is 12.6 Å². The summed E-state index contributed by atoms with van der Waals surface area (Å²) < 4.78 is 5.73. The fourth-order valence-electron chi connectivity index (χ4n) is 6.22. The summed E-state index contributed by atoms with van der Waals surface area (Å²) in [5.74, 6) is 3.52. The summed E-state index contributed by atoms with van der Waals surface area (Å²) in [5.41, 5.74) is 0.943. The Kier molecular flexibility index (Phi) is 3.38. The Labute approximate surface area is 148 Å². The first kappa shape index (κ1) is 15.1. The standard InChI is InChI=1S/C20H24ClNO2/c21-15-1-2-18-16(8-15)17(3-4-24-18)22-19(23)20-9-12-5-13(10-20)7-14(6-12)11-20/h1-2,8,12-14,17H,3-7,9-11H2,(H,22,23). The molecule has 4 bridgehead atoms. The molecule has 1 aromatic carbocycles. The van der Waals surface area contributed by atoms with Crippen molar-refractivity contribution < 1.29 is 9.53 Å². The van der Waals surface area contributed by atoms with Crippen molar-refractivity contribution in [1.82, 2.24) is 5.32 Å². The smallest absolute Gasteiger partial charge is 0.226 e. The number of rotatable bonds is 2. The molecular weight excluding hydrogens is 322 g/mol. The second-order valence-corrected chi connectivity index (χ2v) is 8.98. The summed E-state index contributed by atoms with van der Waals surface area (Å²) in [7, 11) is 0. The Hall–Kier alpha value is -1.22. The van der Waals surface area contributed by atoms with Crippen LogP contribution in [0.2, 0.25) is 5.02 Å². The van der Waals surface area contributed by atoms with E-state index in [0.717, 1.165) is 54.7 Å². The van der Waals surface area contributed by atoms with E-state index in [1.54, 1.807) is 0 Å². The van der Waals surface area contributed by atoms with Crippen LogP contribution in [0.15, 0.2) is 18.2 Å². The molecule has 4 fully saturated rings. The first-order valence-corrected chi connectivity index (χ1v) is 9.72. The lowest BCUT2D eigenvalue weighted by Crippen LogP contribution is -2.54. The molecule has 5 aliphatic rings. The fourth-order valence-corrected chi connectivity index (χ4v) is 6.40. The SMILES string of the molecule is O=C(NC1CCOc2ccc(Cl)cc21)C12CC3CC(CC(C3)C1)C2. The van der Waals surface area contributed by atoms with E-state index in [-0.39, 0.29) is 11.5 Å². The molecule has 4 aliphatic carbocycles. The van der Waals surface area contributed by atoms with Gasteiger partial charge in [-0.15, -0.1) is 0 Å². The number of ether oxygens (including phenoxy) is 1.